The van der Waals surface area contributed by atoms with E-state index in [2.05, 4.69) is 6.92 Å². The zero-order valence-electron chi connectivity index (χ0n) is 20.4. The van der Waals surface area contributed by atoms with Gasteiger partial charge in [-0.1, -0.05) is 37.6 Å². The van der Waals surface area contributed by atoms with Gasteiger partial charge in [0.05, 0.1) is 14.2 Å². The Kier molecular flexibility index (Phi) is 11.2. The second kappa shape index (κ2) is 14.1. The van der Waals surface area contributed by atoms with E-state index >= 15 is 0 Å². The van der Waals surface area contributed by atoms with Crippen LogP contribution in [0.25, 0.3) is 0 Å². The lowest BCUT2D eigenvalue weighted by Gasteiger charge is -2.24. The van der Waals surface area contributed by atoms with E-state index in [4.69, 9.17) is 18.9 Å². The molecule has 0 spiro atoms. The minimum atomic E-state index is -0.993. The first-order chi connectivity index (χ1) is 16.4. The Balaban J connectivity index is 2.03. The van der Waals surface area contributed by atoms with Crippen LogP contribution in [0.1, 0.15) is 37.8 Å². The SMILES string of the molecule is CCCCN(Cc1cccc(OC)c1OC)C(=O)COc1ccc(C[C@H](OCC)C(=O)O)cc1. The summed E-state index contributed by atoms with van der Waals surface area (Å²) in [7, 11) is 3.17. The summed E-state index contributed by atoms with van der Waals surface area (Å²) in [6.45, 7) is 5.05. The van der Waals surface area contributed by atoms with Crippen molar-refractivity contribution in [2.75, 3.05) is 34.0 Å². The van der Waals surface area contributed by atoms with Crippen LogP contribution in [-0.2, 0) is 27.3 Å². The molecule has 2 aromatic rings. The molecule has 0 saturated carbocycles. The minimum Gasteiger partial charge on any atom is -0.493 e. The maximum absolute atomic E-state index is 13.0. The second-order valence-electron chi connectivity index (χ2n) is 7.74. The number of carbonyl (C=O) groups excluding carboxylic acids is 1. The van der Waals surface area contributed by atoms with Gasteiger partial charge in [-0.25, -0.2) is 4.79 Å². The maximum Gasteiger partial charge on any atom is 0.333 e. The monoisotopic (exact) mass is 473 g/mol. The van der Waals surface area contributed by atoms with E-state index in [0.717, 1.165) is 24.0 Å². The van der Waals surface area contributed by atoms with Crippen molar-refractivity contribution in [1.82, 2.24) is 4.90 Å². The van der Waals surface area contributed by atoms with Gasteiger partial charge in [0, 0.05) is 31.7 Å². The highest BCUT2D eigenvalue weighted by molar-refractivity contribution is 5.78. The normalized spacial score (nSPS) is 11.5. The molecular formula is C26H35NO7. The first-order valence-electron chi connectivity index (χ1n) is 11.5. The first kappa shape index (κ1) is 27.0. The van der Waals surface area contributed by atoms with E-state index in [9.17, 15) is 14.7 Å². The molecule has 186 valence electrons. The quantitative estimate of drug-likeness (QED) is 0.419. The van der Waals surface area contributed by atoms with Crippen molar-refractivity contribution < 1.29 is 33.6 Å². The summed E-state index contributed by atoms with van der Waals surface area (Å²) in [5.74, 6) is 0.642. The molecule has 8 nitrogen and oxygen atoms in total. The fraction of sp³-hybridized carbons (Fsp3) is 0.462. The minimum absolute atomic E-state index is 0.105. The highest BCUT2D eigenvalue weighted by Gasteiger charge is 2.19. The predicted molar refractivity (Wildman–Crippen MR) is 129 cm³/mol. The summed E-state index contributed by atoms with van der Waals surface area (Å²) >= 11 is 0. The molecule has 0 aromatic heterocycles. The fourth-order valence-electron chi connectivity index (χ4n) is 3.52. The van der Waals surface area contributed by atoms with Crippen LogP contribution in [-0.4, -0.2) is 62.0 Å². The Labute approximate surface area is 201 Å². The third-order valence-corrected chi connectivity index (χ3v) is 5.33. The van der Waals surface area contributed by atoms with Crippen molar-refractivity contribution in [3.63, 3.8) is 0 Å². The average Bonchev–Trinajstić information content (AvgIpc) is 2.85. The molecule has 0 saturated heterocycles. The Morgan fingerprint density at radius 2 is 1.76 bits per heavy atom. The van der Waals surface area contributed by atoms with Gasteiger partial charge in [0.2, 0.25) is 0 Å². The molecule has 0 aliphatic rings. The van der Waals surface area contributed by atoms with Crippen LogP contribution in [0.4, 0.5) is 0 Å². The molecule has 0 heterocycles. The number of hydrogen-bond acceptors (Lipinski definition) is 6. The molecule has 0 fully saturated rings. The highest BCUT2D eigenvalue weighted by atomic mass is 16.5. The smallest absolute Gasteiger partial charge is 0.333 e. The van der Waals surface area contributed by atoms with Gasteiger partial charge in [-0.2, -0.15) is 0 Å². The molecule has 1 amide bonds. The van der Waals surface area contributed by atoms with Crippen LogP contribution in [0.5, 0.6) is 17.2 Å². The average molecular weight is 474 g/mol. The third kappa shape index (κ3) is 7.95. The maximum atomic E-state index is 13.0. The van der Waals surface area contributed by atoms with Gasteiger partial charge in [0.25, 0.3) is 5.91 Å². The summed E-state index contributed by atoms with van der Waals surface area (Å²) in [6, 6.07) is 12.6. The summed E-state index contributed by atoms with van der Waals surface area (Å²) in [4.78, 5) is 26.0. The number of carbonyl (C=O) groups is 2. The van der Waals surface area contributed by atoms with E-state index in [1.54, 1.807) is 50.3 Å². The molecule has 0 unspecified atom stereocenters. The second-order valence-corrected chi connectivity index (χ2v) is 7.74. The van der Waals surface area contributed by atoms with Gasteiger partial charge in [0.15, 0.2) is 24.2 Å². The van der Waals surface area contributed by atoms with Crippen molar-refractivity contribution in [3.05, 3.63) is 53.6 Å². The Morgan fingerprint density at radius 1 is 1.03 bits per heavy atom. The number of rotatable bonds is 15. The van der Waals surface area contributed by atoms with Crippen molar-refractivity contribution in [2.24, 2.45) is 0 Å². The molecule has 34 heavy (non-hydrogen) atoms. The van der Waals surface area contributed by atoms with E-state index in [0.29, 0.717) is 36.9 Å². The van der Waals surface area contributed by atoms with Gasteiger partial charge in [-0.15, -0.1) is 0 Å². The molecule has 0 bridgehead atoms. The molecule has 0 aliphatic carbocycles. The zero-order valence-corrected chi connectivity index (χ0v) is 20.4. The number of amides is 1. The van der Waals surface area contributed by atoms with Crippen LogP contribution in [0.15, 0.2) is 42.5 Å². The zero-order chi connectivity index (χ0) is 24.9. The highest BCUT2D eigenvalue weighted by Crippen LogP contribution is 2.31. The number of benzene rings is 2. The van der Waals surface area contributed by atoms with Gasteiger partial charge in [0.1, 0.15) is 5.75 Å². The van der Waals surface area contributed by atoms with Crippen molar-refractivity contribution >= 4 is 11.9 Å². The topological polar surface area (TPSA) is 94.5 Å². The summed E-state index contributed by atoms with van der Waals surface area (Å²) in [5.41, 5.74) is 1.67. The number of aliphatic carboxylic acids is 1. The van der Waals surface area contributed by atoms with E-state index in [1.807, 2.05) is 18.2 Å². The number of para-hydroxylation sites is 1. The van der Waals surface area contributed by atoms with Crippen molar-refractivity contribution in [3.8, 4) is 17.2 Å². The standard InChI is InChI=1S/C26H35NO7/c1-5-7-15-27(17-20-9-8-10-22(31-3)25(20)32-4)24(28)18-34-21-13-11-19(12-14-21)16-23(26(29)30)33-6-2/h8-14,23H,5-7,15-18H2,1-4H3,(H,29,30)/t23-/m0/s1. The molecule has 1 N–H and O–H groups in total. The van der Waals surface area contributed by atoms with Crippen LogP contribution in [0.2, 0.25) is 0 Å². The Morgan fingerprint density at radius 3 is 2.35 bits per heavy atom. The number of unbranched alkanes of at least 4 members (excludes halogenated alkanes) is 1. The lowest BCUT2D eigenvalue weighted by atomic mass is 10.1. The molecule has 0 aliphatic heterocycles. The largest absolute Gasteiger partial charge is 0.493 e. The first-order valence-corrected chi connectivity index (χ1v) is 11.5. The molecule has 2 aromatic carbocycles. The van der Waals surface area contributed by atoms with Crippen LogP contribution in [0.3, 0.4) is 0 Å². The van der Waals surface area contributed by atoms with Crippen molar-refractivity contribution in [2.45, 2.75) is 45.8 Å². The Hall–Kier alpha value is -3.26. The Bertz CT molecular complexity index is 914. The molecule has 0 radical (unpaired) electrons. The number of carboxylic acids is 1. The number of methoxy groups -OCH3 is 2. The summed E-state index contributed by atoms with van der Waals surface area (Å²) in [5, 5.41) is 9.24. The van der Waals surface area contributed by atoms with E-state index in [1.165, 1.54) is 0 Å². The fourth-order valence-corrected chi connectivity index (χ4v) is 3.52. The van der Waals surface area contributed by atoms with Crippen LogP contribution < -0.4 is 14.2 Å². The summed E-state index contributed by atoms with van der Waals surface area (Å²) < 4.78 is 21.9. The molecule has 8 heteroatoms. The van der Waals surface area contributed by atoms with E-state index < -0.39 is 12.1 Å². The molecular weight excluding hydrogens is 438 g/mol. The number of carboxylic acid groups (broad SMARTS) is 1. The lowest BCUT2D eigenvalue weighted by Crippen LogP contribution is -2.35. The van der Waals surface area contributed by atoms with Gasteiger partial charge >= 0.3 is 5.97 Å². The van der Waals surface area contributed by atoms with Crippen LogP contribution >= 0.6 is 0 Å². The number of ether oxygens (including phenoxy) is 4. The lowest BCUT2D eigenvalue weighted by molar-refractivity contribution is -0.150. The van der Waals surface area contributed by atoms with Crippen molar-refractivity contribution in [1.29, 1.82) is 0 Å². The van der Waals surface area contributed by atoms with Gasteiger partial charge in [-0.05, 0) is 37.1 Å². The molecule has 2 rings (SSSR count). The molecule has 1 atom stereocenters. The van der Waals surface area contributed by atoms with Gasteiger partial charge in [-0.3, -0.25) is 4.79 Å². The predicted octanol–water partition coefficient (Wildman–Crippen LogP) is 3.94. The number of nitrogens with zero attached hydrogens (tertiary/aromatic N) is 1. The van der Waals surface area contributed by atoms with Gasteiger partial charge < -0.3 is 29.0 Å². The summed E-state index contributed by atoms with van der Waals surface area (Å²) in [6.07, 6.45) is 1.20. The number of hydrogen-bond donors (Lipinski definition) is 1. The van der Waals surface area contributed by atoms with E-state index in [-0.39, 0.29) is 18.9 Å². The third-order valence-electron chi connectivity index (χ3n) is 5.33. The van der Waals surface area contributed by atoms with Crippen LogP contribution in [0, 0.1) is 0 Å².